The van der Waals surface area contributed by atoms with Crippen LogP contribution >= 0.6 is 0 Å². The minimum absolute atomic E-state index is 0.0945. The Morgan fingerprint density at radius 1 is 0.900 bits per heavy atom. The van der Waals surface area contributed by atoms with Crippen molar-refractivity contribution in [1.82, 2.24) is 5.43 Å². The Balaban J connectivity index is 1.99. The predicted molar refractivity (Wildman–Crippen MR) is 82.7 cm³/mol. The van der Waals surface area contributed by atoms with E-state index in [1.165, 1.54) is 5.56 Å². The van der Waals surface area contributed by atoms with Crippen molar-refractivity contribution in [1.29, 1.82) is 0 Å². The molecule has 0 atom stereocenters. The fraction of sp³-hybridized carbons (Fsp3) is 0.235. The lowest BCUT2D eigenvalue weighted by atomic mass is 9.87. The van der Waals surface area contributed by atoms with E-state index in [1.54, 1.807) is 0 Å². The molecule has 2 N–H and O–H groups in total. The van der Waals surface area contributed by atoms with Crippen LogP contribution in [0.5, 0.6) is 0 Å². The standard InChI is InChI=1S/C17H20N2O/c1-17(2,3)14-11-9-13(10-12-14)16(20)19-18-15-7-5-4-6-8-15/h4-12,18H,1-3H3,(H,19,20). The number of benzene rings is 2. The zero-order valence-electron chi connectivity index (χ0n) is 12.1. The molecule has 3 heteroatoms. The normalized spacial score (nSPS) is 10.9. The molecule has 0 spiro atoms. The molecule has 0 aliphatic carbocycles. The number of amides is 1. The van der Waals surface area contributed by atoms with Crippen molar-refractivity contribution >= 4 is 11.6 Å². The number of hydrogen-bond acceptors (Lipinski definition) is 2. The molecule has 3 nitrogen and oxygen atoms in total. The highest BCUT2D eigenvalue weighted by Crippen LogP contribution is 2.22. The lowest BCUT2D eigenvalue weighted by Gasteiger charge is -2.19. The van der Waals surface area contributed by atoms with Gasteiger partial charge in [-0.05, 0) is 35.2 Å². The van der Waals surface area contributed by atoms with Crippen LogP contribution in [0, 0.1) is 0 Å². The van der Waals surface area contributed by atoms with Crippen LogP contribution in [0.25, 0.3) is 0 Å². The smallest absolute Gasteiger partial charge is 0.269 e. The summed E-state index contributed by atoms with van der Waals surface area (Å²) < 4.78 is 0. The Kier molecular flexibility index (Phi) is 4.08. The third-order valence-electron chi connectivity index (χ3n) is 3.11. The molecule has 0 fully saturated rings. The zero-order valence-corrected chi connectivity index (χ0v) is 12.1. The van der Waals surface area contributed by atoms with Crippen LogP contribution in [0.3, 0.4) is 0 Å². The molecular weight excluding hydrogens is 248 g/mol. The number of para-hydroxylation sites is 1. The average Bonchev–Trinajstić information content (AvgIpc) is 2.45. The van der Waals surface area contributed by atoms with Crippen molar-refractivity contribution in [2.24, 2.45) is 0 Å². The number of carbonyl (C=O) groups excluding carboxylic acids is 1. The van der Waals surface area contributed by atoms with Gasteiger partial charge < -0.3 is 0 Å². The first-order valence-electron chi connectivity index (χ1n) is 6.69. The molecule has 0 unspecified atom stereocenters. The summed E-state index contributed by atoms with van der Waals surface area (Å²) in [4.78, 5) is 12.0. The van der Waals surface area contributed by atoms with Crippen molar-refractivity contribution in [2.45, 2.75) is 26.2 Å². The number of anilines is 1. The van der Waals surface area contributed by atoms with Crippen LogP contribution in [0.4, 0.5) is 5.69 Å². The highest BCUT2D eigenvalue weighted by atomic mass is 16.2. The largest absolute Gasteiger partial charge is 0.298 e. The van der Waals surface area contributed by atoms with Crippen molar-refractivity contribution in [3.8, 4) is 0 Å². The molecule has 0 heterocycles. The van der Waals surface area contributed by atoms with Gasteiger partial charge in [-0.1, -0.05) is 51.1 Å². The fourth-order valence-electron chi connectivity index (χ4n) is 1.84. The molecule has 1 amide bonds. The van der Waals surface area contributed by atoms with Gasteiger partial charge in [0.1, 0.15) is 0 Å². The van der Waals surface area contributed by atoms with Gasteiger partial charge in [-0.15, -0.1) is 0 Å². The van der Waals surface area contributed by atoms with Crippen molar-refractivity contribution in [3.63, 3.8) is 0 Å². The molecule has 0 aromatic heterocycles. The van der Waals surface area contributed by atoms with Gasteiger partial charge in [0.2, 0.25) is 0 Å². The van der Waals surface area contributed by atoms with Gasteiger partial charge >= 0.3 is 0 Å². The SMILES string of the molecule is CC(C)(C)c1ccc(C(=O)NNc2ccccc2)cc1. The van der Waals surface area contributed by atoms with Gasteiger partial charge in [-0.25, -0.2) is 0 Å². The van der Waals surface area contributed by atoms with Gasteiger partial charge in [-0.2, -0.15) is 0 Å². The molecule has 0 saturated carbocycles. The maximum atomic E-state index is 12.0. The first-order chi connectivity index (χ1) is 9.47. The van der Waals surface area contributed by atoms with Crippen molar-refractivity contribution < 1.29 is 4.79 Å². The summed E-state index contributed by atoms with van der Waals surface area (Å²) in [5, 5.41) is 0. The summed E-state index contributed by atoms with van der Waals surface area (Å²) in [5.74, 6) is -0.144. The number of carbonyl (C=O) groups is 1. The molecule has 2 rings (SSSR count). The third kappa shape index (κ3) is 3.60. The second-order valence-electron chi connectivity index (χ2n) is 5.77. The number of hydrazine groups is 1. The van der Waals surface area contributed by atoms with Gasteiger partial charge in [0.25, 0.3) is 5.91 Å². The second-order valence-corrected chi connectivity index (χ2v) is 5.77. The summed E-state index contributed by atoms with van der Waals surface area (Å²) in [7, 11) is 0. The first kappa shape index (κ1) is 14.1. The topological polar surface area (TPSA) is 41.1 Å². The Morgan fingerprint density at radius 2 is 1.50 bits per heavy atom. The van der Waals surface area contributed by atoms with Crippen LogP contribution in [-0.2, 0) is 5.41 Å². The fourth-order valence-corrected chi connectivity index (χ4v) is 1.84. The maximum absolute atomic E-state index is 12.0. The van der Waals surface area contributed by atoms with E-state index in [1.807, 2.05) is 54.6 Å². The lowest BCUT2D eigenvalue weighted by Crippen LogP contribution is -2.29. The summed E-state index contributed by atoms with van der Waals surface area (Å²) in [6.45, 7) is 6.46. The molecule has 0 radical (unpaired) electrons. The number of rotatable bonds is 3. The Bertz CT molecular complexity index is 568. The number of nitrogens with one attached hydrogen (secondary N) is 2. The molecule has 2 aromatic rings. The summed E-state index contributed by atoms with van der Waals surface area (Å²) >= 11 is 0. The average molecular weight is 268 g/mol. The molecular formula is C17H20N2O. The monoisotopic (exact) mass is 268 g/mol. The van der Waals surface area contributed by atoms with Crippen LogP contribution < -0.4 is 10.9 Å². The van der Waals surface area contributed by atoms with Crippen LogP contribution in [0.2, 0.25) is 0 Å². The predicted octanol–water partition coefficient (Wildman–Crippen LogP) is 3.74. The Labute approximate surface area is 120 Å². The van der Waals surface area contributed by atoms with Crippen LogP contribution in [0.1, 0.15) is 36.7 Å². The zero-order chi connectivity index (χ0) is 14.6. The van der Waals surface area contributed by atoms with Gasteiger partial charge in [0.05, 0.1) is 5.69 Å². The number of hydrogen-bond donors (Lipinski definition) is 2. The Hall–Kier alpha value is -2.29. The van der Waals surface area contributed by atoms with E-state index in [2.05, 4.69) is 31.6 Å². The molecule has 20 heavy (non-hydrogen) atoms. The minimum atomic E-state index is -0.144. The molecule has 0 aliphatic heterocycles. The van der Waals surface area contributed by atoms with E-state index < -0.39 is 0 Å². The summed E-state index contributed by atoms with van der Waals surface area (Å²) in [6.07, 6.45) is 0. The molecule has 0 saturated heterocycles. The second kappa shape index (κ2) is 5.78. The highest BCUT2D eigenvalue weighted by molar-refractivity contribution is 5.94. The quantitative estimate of drug-likeness (QED) is 0.833. The van der Waals surface area contributed by atoms with Crippen LogP contribution in [-0.4, -0.2) is 5.91 Å². The van der Waals surface area contributed by atoms with E-state index in [0.29, 0.717) is 5.56 Å². The van der Waals surface area contributed by atoms with E-state index in [0.717, 1.165) is 5.69 Å². The molecule has 0 bridgehead atoms. The lowest BCUT2D eigenvalue weighted by molar-refractivity contribution is 0.0962. The first-order valence-corrected chi connectivity index (χ1v) is 6.69. The maximum Gasteiger partial charge on any atom is 0.269 e. The van der Waals surface area contributed by atoms with E-state index >= 15 is 0 Å². The minimum Gasteiger partial charge on any atom is -0.298 e. The summed E-state index contributed by atoms with van der Waals surface area (Å²) in [6, 6.07) is 17.2. The molecule has 0 aliphatic rings. The third-order valence-corrected chi connectivity index (χ3v) is 3.11. The molecule has 104 valence electrons. The highest BCUT2D eigenvalue weighted by Gasteiger charge is 2.14. The van der Waals surface area contributed by atoms with Crippen molar-refractivity contribution in [2.75, 3.05) is 5.43 Å². The molecule has 2 aromatic carbocycles. The van der Waals surface area contributed by atoms with Crippen LogP contribution in [0.15, 0.2) is 54.6 Å². The van der Waals surface area contributed by atoms with Gasteiger partial charge in [0.15, 0.2) is 0 Å². The van der Waals surface area contributed by atoms with Crippen molar-refractivity contribution in [3.05, 3.63) is 65.7 Å². The van der Waals surface area contributed by atoms with Gasteiger partial charge in [0, 0.05) is 5.56 Å². The Morgan fingerprint density at radius 3 is 2.05 bits per heavy atom. The van der Waals surface area contributed by atoms with Gasteiger partial charge in [-0.3, -0.25) is 15.6 Å². The van der Waals surface area contributed by atoms with E-state index in [9.17, 15) is 4.79 Å². The van der Waals surface area contributed by atoms with E-state index in [4.69, 9.17) is 0 Å². The van der Waals surface area contributed by atoms with E-state index in [-0.39, 0.29) is 11.3 Å². The summed E-state index contributed by atoms with van der Waals surface area (Å²) in [5.41, 5.74) is 8.37.